The first-order chi connectivity index (χ1) is 29.8. The lowest BCUT2D eigenvalue weighted by Crippen LogP contribution is -1.94. The Bertz CT molecular complexity index is 3800. The maximum Gasteiger partial charge on any atom is -0.00199 e. The molecule has 0 heteroatoms. The van der Waals surface area contributed by atoms with E-state index < -0.39 is 0 Å². The van der Waals surface area contributed by atoms with E-state index in [1.807, 2.05) is 0 Å². The van der Waals surface area contributed by atoms with Gasteiger partial charge >= 0.3 is 0 Å². The minimum absolute atomic E-state index is 1.20. The van der Waals surface area contributed by atoms with Crippen LogP contribution in [0.3, 0.4) is 0 Å². The van der Waals surface area contributed by atoms with Crippen molar-refractivity contribution in [3.8, 4) is 44.5 Å². The van der Waals surface area contributed by atoms with Gasteiger partial charge in [-0.2, -0.15) is 0 Å². The van der Waals surface area contributed by atoms with Crippen molar-refractivity contribution in [3.63, 3.8) is 0 Å². The van der Waals surface area contributed by atoms with Crippen LogP contribution in [-0.4, -0.2) is 0 Å². The summed E-state index contributed by atoms with van der Waals surface area (Å²) < 4.78 is 0. The van der Waals surface area contributed by atoms with Crippen LogP contribution in [0, 0.1) is 0 Å². The van der Waals surface area contributed by atoms with Gasteiger partial charge in [-0.1, -0.05) is 200 Å². The Morgan fingerprint density at radius 2 is 0.650 bits per heavy atom. The SMILES string of the molecule is c1ccc2c(-c3c4ccccc4c(-c4ccc5ccc6cccc7ccc4c5c67)c4ccccc34)cc(-c3ccc(-c4cc5ccccc5c5ccccc45)cc3)cc2c1. The largest absolute Gasteiger partial charge is 0.0616 e. The highest BCUT2D eigenvalue weighted by Gasteiger charge is 2.21. The molecule has 0 amide bonds. The summed E-state index contributed by atoms with van der Waals surface area (Å²) in [5.41, 5.74) is 10.00. The molecule has 0 saturated heterocycles. The first-order valence-electron chi connectivity index (χ1n) is 20.9. The van der Waals surface area contributed by atoms with Gasteiger partial charge in [0.1, 0.15) is 0 Å². The summed E-state index contributed by atoms with van der Waals surface area (Å²) in [4.78, 5) is 0. The maximum absolute atomic E-state index is 2.44. The number of fused-ring (bicyclic) bond motifs is 6. The van der Waals surface area contributed by atoms with E-state index >= 15 is 0 Å². The third-order valence-electron chi connectivity index (χ3n) is 13.2. The van der Waals surface area contributed by atoms with Crippen LogP contribution in [-0.2, 0) is 0 Å². The molecule has 0 aliphatic heterocycles. The Kier molecular flexibility index (Phi) is 7.11. The molecule has 13 aromatic rings. The number of benzene rings is 13. The Morgan fingerprint density at radius 1 is 0.183 bits per heavy atom. The molecule has 0 aromatic heterocycles. The van der Waals surface area contributed by atoms with Crippen LogP contribution < -0.4 is 0 Å². The molecule has 0 bridgehead atoms. The molecule has 0 aliphatic carbocycles. The highest BCUT2D eigenvalue weighted by atomic mass is 14.2. The van der Waals surface area contributed by atoms with E-state index in [0.29, 0.717) is 0 Å². The smallest absolute Gasteiger partial charge is 0.00199 e. The average Bonchev–Trinajstić information content (AvgIpc) is 3.32. The highest BCUT2D eigenvalue weighted by Crippen LogP contribution is 2.49. The quantitative estimate of drug-likeness (QED) is 0.124. The van der Waals surface area contributed by atoms with Crippen molar-refractivity contribution in [1.82, 2.24) is 0 Å². The van der Waals surface area contributed by atoms with E-state index in [9.17, 15) is 0 Å². The van der Waals surface area contributed by atoms with Gasteiger partial charge in [0.2, 0.25) is 0 Å². The lowest BCUT2D eigenvalue weighted by molar-refractivity contribution is 1.62. The predicted octanol–water partition coefficient (Wildman–Crippen LogP) is 17.0. The van der Waals surface area contributed by atoms with Gasteiger partial charge in [-0.05, 0) is 149 Å². The van der Waals surface area contributed by atoms with Crippen LogP contribution in [0.2, 0.25) is 0 Å². The van der Waals surface area contributed by atoms with Crippen molar-refractivity contribution in [2.45, 2.75) is 0 Å². The Hall–Kier alpha value is -7.80. The fourth-order valence-corrected chi connectivity index (χ4v) is 10.5. The van der Waals surface area contributed by atoms with Crippen molar-refractivity contribution in [2.24, 2.45) is 0 Å². The molecule has 0 spiro atoms. The molecule has 0 radical (unpaired) electrons. The molecule has 0 saturated carbocycles. The van der Waals surface area contributed by atoms with Gasteiger partial charge in [0, 0.05) is 0 Å². The molecule has 60 heavy (non-hydrogen) atoms. The first-order valence-corrected chi connectivity index (χ1v) is 20.9. The van der Waals surface area contributed by atoms with E-state index in [1.54, 1.807) is 0 Å². The summed E-state index contributed by atoms with van der Waals surface area (Å²) in [6, 6.07) is 81.5. The van der Waals surface area contributed by atoms with Crippen molar-refractivity contribution < 1.29 is 0 Å². The molecule has 0 unspecified atom stereocenters. The van der Waals surface area contributed by atoms with Crippen molar-refractivity contribution in [2.75, 3.05) is 0 Å². The van der Waals surface area contributed by atoms with Gasteiger partial charge in [0.05, 0.1) is 0 Å². The molecule has 276 valence electrons. The lowest BCUT2D eigenvalue weighted by Gasteiger charge is -2.21. The zero-order chi connectivity index (χ0) is 39.3. The third-order valence-corrected chi connectivity index (χ3v) is 13.2. The molecule has 0 atom stereocenters. The molecule has 13 aromatic carbocycles. The summed E-state index contributed by atoms with van der Waals surface area (Å²) in [5, 5.41) is 20.5. The summed E-state index contributed by atoms with van der Waals surface area (Å²) in [5.74, 6) is 0. The van der Waals surface area contributed by atoms with E-state index in [-0.39, 0.29) is 0 Å². The van der Waals surface area contributed by atoms with Crippen LogP contribution in [0.1, 0.15) is 0 Å². The lowest BCUT2D eigenvalue weighted by atomic mass is 9.82. The Labute approximate surface area is 347 Å². The minimum atomic E-state index is 1.20. The molecule has 0 N–H and O–H groups in total. The van der Waals surface area contributed by atoms with Crippen LogP contribution in [0.4, 0.5) is 0 Å². The highest BCUT2D eigenvalue weighted by molar-refractivity contribution is 6.30. The van der Waals surface area contributed by atoms with Crippen LogP contribution in [0.5, 0.6) is 0 Å². The second kappa shape index (κ2) is 12.9. The summed E-state index contributed by atoms with van der Waals surface area (Å²) in [7, 11) is 0. The van der Waals surface area contributed by atoms with Gasteiger partial charge < -0.3 is 0 Å². The normalized spacial score (nSPS) is 12.0. The van der Waals surface area contributed by atoms with Gasteiger partial charge in [0.15, 0.2) is 0 Å². The van der Waals surface area contributed by atoms with Crippen LogP contribution in [0.25, 0.3) is 131 Å². The van der Waals surface area contributed by atoms with Crippen LogP contribution >= 0.6 is 0 Å². The van der Waals surface area contributed by atoms with Gasteiger partial charge in [0.25, 0.3) is 0 Å². The monoisotopic (exact) mass is 756 g/mol. The molecule has 0 nitrogen and oxygen atoms in total. The van der Waals surface area contributed by atoms with Gasteiger partial charge in [-0.25, -0.2) is 0 Å². The number of hydrogen-bond donors (Lipinski definition) is 0. The summed E-state index contributed by atoms with van der Waals surface area (Å²) in [6.07, 6.45) is 0. The molecule has 13 rings (SSSR count). The van der Waals surface area contributed by atoms with Gasteiger partial charge in [-0.3, -0.25) is 0 Å². The van der Waals surface area contributed by atoms with Crippen LogP contribution in [0.15, 0.2) is 218 Å². The topological polar surface area (TPSA) is 0 Å². The number of hydrogen-bond acceptors (Lipinski definition) is 0. The predicted molar refractivity (Wildman–Crippen MR) is 259 cm³/mol. The second-order valence-corrected chi connectivity index (χ2v) is 16.3. The van der Waals surface area contributed by atoms with E-state index in [2.05, 4.69) is 218 Å². The van der Waals surface area contributed by atoms with Crippen molar-refractivity contribution in [3.05, 3.63) is 218 Å². The summed E-state index contributed by atoms with van der Waals surface area (Å²) in [6.45, 7) is 0. The average molecular weight is 757 g/mol. The standard InChI is InChI=1S/C60H36/c1-4-17-46-42(12-1)34-44(37-24-26-38(27-25-37)55-35-43-13-2-3-16-45(43)47-18-5-6-19-48(47)55)36-56(46)60-51-22-9-7-20-49(51)59(50-21-8-10-23-52(50)60)54-33-31-41-29-28-39-14-11-15-40-30-32-53(54)58(41)57(39)40/h1-36H. The number of rotatable bonds is 4. The zero-order valence-corrected chi connectivity index (χ0v) is 32.8. The molecular weight excluding hydrogens is 721 g/mol. The van der Waals surface area contributed by atoms with E-state index in [0.717, 1.165) is 0 Å². The fourth-order valence-electron chi connectivity index (χ4n) is 10.5. The maximum atomic E-state index is 2.44. The van der Waals surface area contributed by atoms with Gasteiger partial charge in [-0.15, -0.1) is 0 Å². The Morgan fingerprint density at radius 3 is 1.32 bits per heavy atom. The molecule has 0 fully saturated rings. The summed E-state index contributed by atoms with van der Waals surface area (Å²) >= 11 is 0. The third kappa shape index (κ3) is 4.86. The van der Waals surface area contributed by atoms with Crippen molar-refractivity contribution in [1.29, 1.82) is 0 Å². The molecular formula is C60H36. The molecule has 0 heterocycles. The Balaban J connectivity index is 1.03. The van der Waals surface area contributed by atoms with E-state index in [4.69, 9.17) is 0 Å². The fraction of sp³-hybridized carbons (Fsp3) is 0. The first kappa shape index (κ1) is 33.2. The minimum Gasteiger partial charge on any atom is -0.0616 e. The van der Waals surface area contributed by atoms with Crippen molar-refractivity contribution >= 4 is 86.2 Å². The molecule has 0 aliphatic rings. The second-order valence-electron chi connectivity index (χ2n) is 16.3. The van der Waals surface area contributed by atoms with E-state index in [1.165, 1.54) is 131 Å². The zero-order valence-electron chi connectivity index (χ0n) is 32.8.